The number of sulfone groups is 1. The highest BCUT2D eigenvalue weighted by Crippen LogP contribution is 2.37. The Morgan fingerprint density at radius 2 is 1.96 bits per heavy atom. The summed E-state index contributed by atoms with van der Waals surface area (Å²) in [6.07, 6.45) is 2.08. The Labute approximate surface area is 174 Å². The number of thiocarbonyl (C=S) groups is 1. The summed E-state index contributed by atoms with van der Waals surface area (Å²) in [5.41, 5.74) is 0.932. The van der Waals surface area contributed by atoms with Crippen molar-refractivity contribution in [1.82, 2.24) is 4.90 Å². The number of rotatable bonds is 3. The van der Waals surface area contributed by atoms with Gasteiger partial charge in [0, 0.05) is 16.1 Å². The van der Waals surface area contributed by atoms with E-state index in [9.17, 15) is 13.2 Å². The third-order valence-electron chi connectivity index (χ3n) is 4.43. The van der Waals surface area contributed by atoms with E-state index < -0.39 is 9.84 Å². The average Bonchev–Trinajstić information content (AvgIpc) is 3.28. The summed E-state index contributed by atoms with van der Waals surface area (Å²) in [4.78, 5) is 14.6. The third kappa shape index (κ3) is 3.91. The molecule has 4 rings (SSSR count). The molecule has 2 aliphatic rings. The molecule has 27 heavy (non-hydrogen) atoms. The van der Waals surface area contributed by atoms with E-state index in [0.29, 0.717) is 27.2 Å². The lowest BCUT2D eigenvalue weighted by atomic mass is 10.2. The Kier molecular flexibility index (Phi) is 5.04. The predicted molar refractivity (Wildman–Crippen MR) is 114 cm³/mol. The molecule has 2 aliphatic heterocycles. The minimum Gasteiger partial charge on any atom is -0.457 e. The van der Waals surface area contributed by atoms with Crippen LogP contribution in [0.2, 0.25) is 0 Å². The van der Waals surface area contributed by atoms with Gasteiger partial charge in [-0.25, -0.2) is 8.42 Å². The van der Waals surface area contributed by atoms with E-state index in [1.54, 1.807) is 12.1 Å². The first-order valence-electron chi connectivity index (χ1n) is 8.16. The highest BCUT2D eigenvalue weighted by atomic mass is 79.9. The van der Waals surface area contributed by atoms with E-state index >= 15 is 0 Å². The molecule has 1 aromatic heterocycles. The molecular weight excluding hydrogens is 470 g/mol. The van der Waals surface area contributed by atoms with Crippen LogP contribution >= 0.6 is 39.9 Å². The van der Waals surface area contributed by atoms with E-state index in [4.69, 9.17) is 16.6 Å². The van der Waals surface area contributed by atoms with Gasteiger partial charge in [0.1, 0.15) is 15.8 Å². The van der Waals surface area contributed by atoms with Gasteiger partial charge in [-0.05, 0) is 30.7 Å². The molecule has 2 saturated heterocycles. The van der Waals surface area contributed by atoms with Gasteiger partial charge in [0.05, 0.1) is 22.5 Å². The molecule has 140 valence electrons. The number of carbonyl (C=O) groups excluding carboxylic acids is 1. The van der Waals surface area contributed by atoms with Crippen molar-refractivity contribution >= 4 is 66.1 Å². The second kappa shape index (κ2) is 7.20. The monoisotopic (exact) mass is 483 g/mol. The minimum absolute atomic E-state index is 0.0266. The first-order chi connectivity index (χ1) is 12.8. The third-order valence-corrected chi connectivity index (χ3v) is 8.04. The normalized spacial score (nSPS) is 23.5. The van der Waals surface area contributed by atoms with E-state index in [1.807, 2.05) is 30.3 Å². The molecule has 0 radical (unpaired) electrons. The van der Waals surface area contributed by atoms with Gasteiger partial charge in [-0.2, -0.15) is 0 Å². The van der Waals surface area contributed by atoms with Crippen LogP contribution in [0.4, 0.5) is 0 Å². The zero-order valence-corrected chi connectivity index (χ0v) is 18.0. The van der Waals surface area contributed by atoms with Crippen LogP contribution in [0.5, 0.6) is 0 Å². The molecule has 5 nitrogen and oxygen atoms in total. The maximum Gasteiger partial charge on any atom is 0.266 e. The smallest absolute Gasteiger partial charge is 0.266 e. The van der Waals surface area contributed by atoms with Crippen molar-refractivity contribution in [2.45, 2.75) is 12.5 Å². The van der Waals surface area contributed by atoms with Crippen LogP contribution in [-0.4, -0.2) is 41.1 Å². The fraction of sp³-hybridized carbons (Fsp3) is 0.222. The molecule has 0 aliphatic carbocycles. The first kappa shape index (κ1) is 18.9. The fourth-order valence-electron chi connectivity index (χ4n) is 3.10. The second-order valence-electron chi connectivity index (χ2n) is 6.32. The highest BCUT2D eigenvalue weighted by molar-refractivity contribution is 9.10. The van der Waals surface area contributed by atoms with Crippen LogP contribution in [0.1, 0.15) is 12.2 Å². The summed E-state index contributed by atoms with van der Waals surface area (Å²) in [7, 11) is -3.09. The van der Waals surface area contributed by atoms with Crippen molar-refractivity contribution in [3.05, 3.63) is 51.5 Å². The highest BCUT2D eigenvalue weighted by Gasteiger charge is 2.42. The number of carbonyl (C=O) groups is 1. The lowest BCUT2D eigenvalue weighted by molar-refractivity contribution is -0.123. The number of benzene rings is 1. The standard InChI is InChI=1S/C18H14BrNO4S3/c19-12-3-1-11(2-4-12)15-6-5-14(24-15)9-16-17(21)20(18(25)26-16)13-7-8-27(22,23)10-13/h1-6,9,13H,7-8,10H2. The second-order valence-corrected chi connectivity index (χ2v) is 11.1. The number of nitrogens with zero attached hydrogens (tertiary/aromatic N) is 1. The number of amides is 1. The van der Waals surface area contributed by atoms with E-state index in [1.165, 1.54) is 16.7 Å². The van der Waals surface area contributed by atoms with Crippen molar-refractivity contribution in [3.63, 3.8) is 0 Å². The molecule has 0 saturated carbocycles. The number of hydrogen-bond acceptors (Lipinski definition) is 6. The number of hydrogen-bond donors (Lipinski definition) is 0. The fourth-order valence-corrected chi connectivity index (χ4v) is 6.45. The minimum atomic E-state index is -3.09. The van der Waals surface area contributed by atoms with Crippen molar-refractivity contribution in [1.29, 1.82) is 0 Å². The summed E-state index contributed by atoms with van der Waals surface area (Å²) in [6, 6.07) is 11.0. The number of thioether (sulfide) groups is 1. The van der Waals surface area contributed by atoms with E-state index in [-0.39, 0.29) is 23.5 Å². The SMILES string of the molecule is O=C1C(=Cc2ccc(-c3ccc(Br)cc3)o2)SC(=S)N1C1CCS(=O)(=O)C1. The molecule has 0 N–H and O–H groups in total. The Bertz CT molecular complexity index is 1060. The summed E-state index contributed by atoms with van der Waals surface area (Å²) in [5, 5.41) is 0. The van der Waals surface area contributed by atoms with Gasteiger partial charge < -0.3 is 4.42 Å². The van der Waals surface area contributed by atoms with Crippen LogP contribution in [-0.2, 0) is 14.6 Å². The molecular formula is C18H14BrNO4S3. The molecule has 1 unspecified atom stereocenters. The zero-order chi connectivity index (χ0) is 19.2. The Morgan fingerprint density at radius 1 is 1.22 bits per heavy atom. The molecule has 1 aromatic carbocycles. The summed E-state index contributed by atoms with van der Waals surface area (Å²) >= 11 is 9.89. The average molecular weight is 484 g/mol. The largest absolute Gasteiger partial charge is 0.457 e. The summed E-state index contributed by atoms with van der Waals surface area (Å²) in [6.45, 7) is 0. The Balaban J connectivity index is 1.56. The predicted octanol–water partition coefficient (Wildman–Crippen LogP) is 4.10. The lowest BCUT2D eigenvalue weighted by Gasteiger charge is -2.20. The molecule has 2 fully saturated rings. The molecule has 3 heterocycles. The van der Waals surface area contributed by atoms with Crippen molar-refractivity contribution in [3.8, 4) is 11.3 Å². The lowest BCUT2D eigenvalue weighted by Crippen LogP contribution is -2.39. The molecule has 0 bridgehead atoms. The van der Waals surface area contributed by atoms with Crippen LogP contribution in [0.3, 0.4) is 0 Å². The van der Waals surface area contributed by atoms with Crippen LogP contribution in [0.15, 0.2) is 50.2 Å². The molecule has 1 atom stereocenters. The van der Waals surface area contributed by atoms with Gasteiger partial charge in [-0.3, -0.25) is 9.69 Å². The van der Waals surface area contributed by atoms with Crippen LogP contribution < -0.4 is 0 Å². The van der Waals surface area contributed by atoms with Gasteiger partial charge in [0.2, 0.25) is 0 Å². The maximum absolute atomic E-state index is 12.7. The zero-order valence-electron chi connectivity index (χ0n) is 13.9. The first-order valence-corrected chi connectivity index (χ1v) is 12.0. The molecule has 2 aromatic rings. The van der Waals surface area contributed by atoms with Gasteiger partial charge in [-0.15, -0.1) is 0 Å². The van der Waals surface area contributed by atoms with E-state index in [2.05, 4.69) is 15.9 Å². The van der Waals surface area contributed by atoms with Crippen molar-refractivity contribution < 1.29 is 17.6 Å². The maximum atomic E-state index is 12.7. The van der Waals surface area contributed by atoms with Crippen LogP contribution in [0.25, 0.3) is 17.4 Å². The molecule has 0 spiro atoms. The van der Waals surface area contributed by atoms with Crippen molar-refractivity contribution in [2.24, 2.45) is 0 Å². The summed E-state index contributed by atoms with van der Waals surface area (Å²) < 4.78 is 30.7. The number of furan rings is 1. The summed E-state index contributed by atoms with van der Waals surface area (Å²) in [5.74, 6) is 1.07. The van der Waals surface area contributed by atoms with E-state index in [0.717, 1.165) is 10.0 Å². The van der Waals surface area contributed by atoms with Gasteiger partial charge in [0.25, 0.3) is 5.91 Å². The van der Waals surface area contributed by atoms with Gasteiger partial charge in [0.15, 0.2) is 9.84 Å². The van der Waals surface area contributed by atoms with Gasteiger partial charge in [-0.1, -0.05) is 52.0 Å². The quantitative estimate of drug-likeness (QED) is 0.483. The molecule has 1 amide bonds. The van der Waals surface area contributed by atoms with Crippen LogP contribution in [0, 0.1) is 0 Å². The van der Waals surface area contributed by atoms with Gasteiger partial charge >= 0.3 is 0 Å². The Hall–Kier alpha value is -1.42. The number of halogens is 1. The topological polar surface area (TPSA) is 67.6 Å². The van der Waals surface area contributed by atoms with Crippen molar-refractivity contribution in [2.75, 3.05) is 11.5 Å². The molecule has 9 heteroatoms. The Morgan fingerprint density at radius 3 is 2.63 bits per heavy atom.